The molecule has 9 rings (SSSR count). The first-order valence-electron chi connectivity index (χ1n) is 30.9. The third-order valence-electron chi connectivity index (χ3n) is 15.9. The predicted octanol–water partition coefficient (Wildman–Crippen LogP) is 12.1. The number of hydrogen-bond acceptors (Lipinski definition) is 19. The lowest BCUT2D eigenvalue weighted by Gasteiger charge is -2.31. The molecule has 6 atom stereocenters. The normalized spacial score (nSPS) is 13.7. The number of pyridine rings is 3. The number of nitrogens with zero attached hydrogens (tertiary/aromatic N) is 6. The second-order valence-corrected chi connectivity index (χ2v) is 24.9. The van der Waals surface area contributed by atoms with E-state index in [2.05, 4.69) is 30.9 Å². The van der Waals surface area contributed by atoms with Gasteiger partial charge in [-0.05, 0) is 93.0 Å². The van der Waals surface area contributed by atoms with E-state index in [0.29, 0.717) is 0 Å². The van der Waals surface area contributed by atoms with Crippen molar-refractivity contribution in [2.24, 2.45) is 0 Å². The number of phosphoric ester groups is 1. The third-order valence-corrected chi connectivity index (χ3v) is 17.3. The lowest BCUT2D eigenvalue weighted by atomic mass is 10.1. The van der Waals surface area contributed by atoms with Gasteiger partial charge in [0.25, 0.3) is 0 Å². The first-order valence-corrected chi connectivity index (χ1v) is 32.3. The second-order valence-electron chi connectivity index (χ2n) is 23.3. The molecule has 0 saturated carbocycles. The minimum atomic E-state index is -5.15. The van der Waals surface area contributed by atoms with E-state index in [-0.39, 0.29) is 53.8 Å². The van der Waals surface area contributed by atoms with Crippen LogP contribution in [0.5, 0.6) is 0 Å². The summed E-state index contributed by atoms with van der Waals surface area (Å²) in [5.74, 6) is -6.44. The van der Waals surface area contributed by atoms with Gasteiger partial charge in [-0.25, -0.2) is 60.2 Å². The zero-order valence-corrected chi connectivity index (χ0v) is 54.3. The van der Waals surface area contributed by atoms with Crippen LogP contribution in [-0.2, 0) is 52.0 Å². The van der Waals surface area contributed by atoms with Gasteiger partial charge in [-0.3, -0.25) is 44.2 Å². The molecule has 6 aromatic carbocycles. The number of hydrogen-bond donors (Lipinski definition) is 6. The van der Waals surface area contributed by atoms with Crippen LogP contribution in [0.25, 0.3) is 32.3 Å². The molecule has 3 amide bonds. The third kappa shape index (κ3) is 21.2. The van der Waals surface area contributed by atoms with Crippen LogP contribution in [0.3, 0.4) is 0 Å². The number of ether oxygens (including phenoxy) is 3. The van der Waals surface area contributed by atoms with E-state index >= 15 is 17.7 Å². The van der Waals surface area contributed by atoms with Gasteiger partial charge in [0.05, 0.1) is 38.1 Å². The van der Waals surface area contributed by atoms with Gasteiger partial charge < -0.3 is 29.5 Å². The summed E-state index contributed by atoms with van der Waals surface area (Å²) in [6.07, 6.45) is -4.49. The van der Waals surface area contributed by atoms with Crippen LogP contribution in [0.1, 0.15) is 36.0 Å². The van der Waals surface area contributed by atoms with Crippen LogP contribution in [0.2, 0.25) is 0 Å². The van der Waals surface area contributed by atoms with Gasteiger partial charge in [0.1, 0.15) is 37.3 Å². The number of amides is 3. The summed E-state index contributed by atoms with van der Waals surface area (Å²) in [6.45, 7) is -5.05. The predicted molar refractivity (Wildman–Crippen MR) is 352 cm³/mol. The Balaban J connectivity index is 0.923. The van der Waals surface area contributed by atoms with Crippen molar-refractivity contribution in [3.63, 3.8) is 0 Å². The number of aliphatic hydroxyl groups is 3. The molecule has 0 aliphatic heterocycles. The van der Waals surface area contributed by atoms with Crippen molar-refractivity contribution >= 4 is 75.9 Å². The molecule has 98 heavy (non-hydrogen) atoms. The fraction of sp³-hybridized carbons (Fsp3) is 0.304. The number of phosphoric acid groups is 1. The standard InChI is InChI=1S/C69H72F6N9O13P/c1-82(34-49-19-10-22-58(70)64(49)73)52(37-92-67(88)79-61-25-43-13-4-7-16-46(43)31-76-61)28-55(85)40-95-98(91,96-41-56(86)29-53(83(2)35-50-20-11-23-59(71)65(50)74)38-93-68(89)80-62-26-44-14-5-8-17-47(44)32-77-62)97-42-57(87)30-54(84(3)36-51-21-12-24-60(72)66(51)75)39-94-69(90)81-63-27-45-15-6-9-18-48(45)33-78-63/h4-27,31-33,52-57,85-87H,28-30,34-42H2,1-3H3,(H,76,79,88)(H,77,80,89)(H,78,81,90)/t52-,53-,54-,55-,56-,57-/m0/s1. The van der Waals surface area contributed by atoms with E-state index in [1.54, 1.807) is 55.0 Å². The molecule has 0 radical (unpaired) electrons. The van der Waals surface area contributed by atoms with Crippen molar-refractivity contribution in [3.8, 4) is 0 Å². The molecule has 0 bridgehead atoms. The number of benzene rings is 6. The Hall–Kier alpha value is -9.19. The van der Waals surface area contributed by atoms with Gasteiger partial charge in [-0.1, -0.05) is 109 Å². The number of rotatable bonds is 33. The van der Waals surface area contributed by atoms with Crippen LogP contribution in [-0.4, -0.2) is 160 Å². The summed E-state index contributed by atoms with van der Waals surface area (Å²) in [7, 11) is -0.712. The van der Waals surface area contributed by atoms with Crippen LogP contribution in [0.15, 0.2) is 164 Å². The number of likely N-dealkylation sites (N-methyl/N-ethyl adjacent to an activating group) is 3. The van der Waals surface area contributed by atoms with E-state index in [0.717, 1.165) is 50.5 Å². The molecule has 0 aliphatic rings. The largest absolute Gasteiger partial charge is 0.475 e. The fourth-order valence-electron chi connectivity index (χ4n) is 10.5. The quantitative estimate of drug-likeness (QED) is 0.0127. The Morgan fingerprint density at radius 3 is 0.949 bits per heavy atom. The van der Waals surface area contributed by atoms with Crippen molar-refractivity contribution < 1.29 is 88.4 Å². The Labute approximate surface area is 559 Å². The highest BCUT2D eigenvalue weighted by molar-refractivity contribution is 7.48. The van der Waals surface area contributed by atoms with Gasteiger partial charge in [-0.15, -0.1) is 0 Å². The van der Waals surface area contributed by atoms with Crippen molar-refractivity contribution in [1.82, 2.24) is 29.7 Å². The monoisotopic (exact) mass is 1380 g/mol. The summed E-state index contributed by atoms with van der Waals surface area (Å²) in [5, 5.41) is 47.4. The summed E-state index contributed by atoms with van der Waals surface area (Å²) in [4.78, 5) is 56.9. The molecule has 3 heterocycles. The van der Waals surface area contributed by atoms with Gasteiger partial charge in [-0.2, -0.15) is 0 Å². The van der Waals surface area contributed by atoms with Crippen molar-refractivity contribution in [1.29, 1.82) is 0 Å². The summed E-state index contributed by atoms with van der Waals surface area (Å²) >= 11 is 0. The molecule has 22 nitrogen and oxygen atoms in total. The SMILES string of the molecule is CN(Cc1cccc(F)c1F)[C@H](COC(=O)Nc1cc2ccccc2cn1)C[C@H](O)COP(=O)(OC[C@@H](O)C[C@@H](COC(=O)Nc1cc2ccccc2cn1)N(C)Cc1cccc(F)c1F)OC[C@@H](O)C[C@@H](COC(=O)Nc1cc2ccccc2cn1)N(C)Cc1cccc(F)c1F. The summed E-state index contributed by atoms with van der Waals surface area (Å²) < 4.78 is 138. The number of carbonyl (C=O) groups is 3. The Morgan fingerprint density at radius 2 is 0.673 bits per heavy atom. The highest BCUT2D eigenvalue weighted by Gasteiger charge is 2.34. The number of aromatic nitrogens is 3. The number of carbonyl (C=O) groups excluding carboxylic acids is 3. The molecule has 29 heteroatoms. The molecule has 0 aliphatic carbocycles. The molecular formula is C69H72F6N9O13P. The maximum absolute atomic E-state index is 15.1. The van der Waals surface area contributed by atoms with Crippen molar-refractivity contribution in [2.45, 2.75) is 75.3 Å². The van der Waals surface area contributed by atoms with E-state index in [1.807, 2.05) is 54.6 Å². The highest BCUT2D eigenvalue weighted by Crippen LogP contribution is 2.50. The van der Waals surface area contributed by atoms with Crippen LogP contribution in [0, 0.1) is 34.9 Å². The Kier molecular flexibility index (Phi) is 26.0. The zero-order chi connectivity index (χ0) is 69.9. The molecule has 9 aromatic rings. The fourth-order valence-corrected chi connectivity index (χ4v) is 11.8. The van der Waals surface area contributed by atoms with Gasteiger partial charge >= 0.3 is 26.1 Å². The van der Waals surface area contributed by atoms with Gasteiger partial charge in [0.2, 0.25) is 0 Å². The Morgan fingerprint density at radius 1 is 0.408 bits per heavy atom. The lowest BCUT2D eigenvalue weighted by Crippen LogP contribution is -2.40. The molecule has 0 saturated heterocycles. The molecule has 518 valence electrons. The van der Waals surface area contributed by atoms with Crippen molar-refractivity contribution in [3.05, 3.63) is 216 Å². The van der Waals surface area contributed by atoms with E-state index in [9.17, 15) is 42.9 Å². The van der Waals surface area contributed by atoms with Crippen LogP contribution in [0.4, 0.5) is 58.2 Å². The molecule has 0 spiro atoms. The van der Waals surface area contributed by atoms with Crippen molar-refractivity contribution in [2.75, 3.05) is 76.7 Å². The van der Waals surface area contributed by atoms with E-state index < -0.39 is 156 Å². The highest BCUT2D eigenvalue weighted by atomic mass is 31.2. The lowest BCUT2D eigenvalue weighted by molar-refractivity contribution is -0.00446. The minimum Gasteiger partial charge on any atom is -0.448 e. The number of anilines is 3. The van der Waals surface area contributed by atoms with Gasteiger partial charge in [0, 0.05) is 89.2 Å². The molecular weight excluding hydrogens is 1310 g/mol. The molecule has 6 N–H and O–H groups in total. The average Bonchev–Trinajstić information content (AvgIpc) is 0.945. The summed E-state index contributed by atoms with van der Waals surface area (Å²) in [5.41, 5.74) is -0.286. The first-order chi connectivity index (χ1) is 47.0. The van der Waals surface area contributed by atoms with E-state index in [4.69, 9.17) is 27.8 Å². The van der Waals surface area contributed by atoms with Gasteiger partial charge in [0.15, 0.2) is 34.9 Å². The summed E-state index contributed by atoms with van der Waals surface area (Å²) in [6, 6.07) is 34.2. The topological polar surface area (TPSA) is 269 Å². The zero-order valence-electron chi connectivity index (χ0n) is 53.4. The maximum atomic E-state index is 15.1. The number of halogens is 6. The molecule has 0 unspecified atom stereocenters. The van der Waals surface area contributed by atoms with Crippen LogP contribution >= 0.6 is 7.82 Å². The van der Waals surface area contributed by atoms with E-state index in [1.165, 1.54) is 72.2 Å². The average molecular weight is 1380 g/mol. The smallest absolute Gasteiger partial charge is 0.448 e. The molecule has 0 fully saturated rings. The molecule has 3 aromatic heterocycles. The minimum absolute atomic E-state index is 0.0955. The number of aliphatic hydroxyl groups excluding tert-OH is 3. The maximum Gasteiger partial charge on any atom is 0.475 e. The number of fused-ring (bicyclic) bond motifs is 3. The second kappa shape index (κ2) is 34.8. The Bertz CT molecular complexity index is 3830. The number of nitrogens with one attached hydrogen (secondary N) is 3. The van der Waals surface area contributed by atoms with Crippen LogP contribution < -0.4 is 16.0 Å². The first kappa shape index (κ1) is 73.1.